The number of anilines is 2. The summed E-state index contributed by atoms with van der Waals surface area (Å²) in [4.78, 5) is 32.5. The Balaban J connectivity index is 1.92. The van der Waals surface area contributed by atoms with Crippen LogP contribution in [0.1, 0.15) is 29.9 Å². The van der Waals surface area contributed by atoms with Crippen molar-refractivity contribution in [3.8, 4) is 5.69 Å². The van der Waals surface area contributed by atoms with E-state index in [4.69, 9.17) is 14.2 Å². The summed E-state index contributed by atoms with van der Waals surface area (Å²) in [5, 5.41) is 2.73. The fourth-order valence-corrected chi connectivity index (χ4v) is 3.49. The number of nitrogens with zero attached hydrogens (tertiary/aromatic N) is 3. The van der Waals surface area contributed by atoms with Crippen LogP contribution in [0.4, 0.5) is 11.8 Å². The van der Waals surface area contributed by atoms with Gasteiger partial charge in [-0.05, 0) is 31.5 Å². The highest BCUT2D eigenvalue weighted by Gasteiger charge is 2.32. The lowest BCUT2D eigenvalue weighted by molar-refractivity contribution is -0.121. The molecule has 0 fully saturated rings. The van der Waals surface area contributed by atoms with Crippen LogP contribution in [0, 0.1) is 0 Å². The summed E-state index contributed by atoms with van der Waals surface area (Å²) >= 11 is 0. The van der Waals surface area contributed by atoms with Gasteiger partial charge < -0.3 is 24.4 Å². The number of para-hydroxylation sites is 1. The highest BCUT2D eigenvalue weighted by Crippen LogP contribution is 2.29. The molecular formula is C26H32N4O5. The highest BCUT2D eigenvalue weighted by molar-refractivity contribution is 6.01. The number of ether oxygens (including phenoxy) is 3. The van der Waals surface area contributed by atoms with Gasteiger partial charge in [0.2, 0.25) is 5.95 Å². The van der Waals surface area contributed by atoms with Gasteiger partial charge in [0, 0.05) is 26.9 Å². The van der Waals surface area contributed by atoms with Gasteiger partial charge in [0.15, 0.2) is 11.5 Å². The van der Waals surface area contributed by atoms with Crippen molar-refractivity contribution < 1.29 is 23.8 Å². The minimum Gasteiger partial charge on any atom is -0.452 e. The van der Waals surface area contributed by atoms with Crippen LogP contribution in [0.3, 0.4) is 0 Å². The van der Waals surface area contributed by atoms with E-state index in [0.29, 0.717) is 11.6 Å². The Kier molecular flexibility index (Phi) is 8.62. The molecule has 3 rings (SSSR count). The number of imidazole rings is 1. The van der Waals surface area contributed by atoms with Gasteiger partial charge in [0.25, 0.3) is 5.91 Å². The zero-order valence-corrected chi connectivity index (χ0v) is 20.8. The first kappa shape index (κ1) is 25.9. The molecule has 0 aliphatic carbocycles. The fraction of sp³-hybridized carbons (Fsp3) is 0.346. The summed E-state index contributed by atoms with van der Waals surface area (Å²) in [6.45, 7) is 3.79. The maximum atomic E-state index is 13.4. The second kappa shape index (κ2) is 11.6. The van der Waals surface area contributed by atoms with Gasteiger partial charge in [-0.1, -0.05) is 48.5 Å². The predicted molar refractivity (Wildman–Crippen MR) is 134 cm³/mol. The number of benzene rings is 2. The van der Waals surface area contributed by atoms with Crippen molar-refractivity contribution in [2.24, 2.45) is 0 Å². The number of carbonyl (C=O) groups excluding carboxylic acids is 2. The third kappa shape index (κ3) is 6.91. The van der Waals surface area contributed by atoms with Gasteiger partial charge in [0.1, 0.15) is 12.2 Å². The van der Waals surface area contributed by atoms with Gasteiger partial charge in [0.05, 0.1) is 13.2 Å². The van der Waals surface area contributed by atoms with Crippen LogP contribution in [0.5, 0.6) is 0 Å². The molecule has 2 aromatic carbocycles. The van der Waals surface area contributed by atoms with E-state index in [1.54, 1.807) is 37.4 Å². The Morgan fingerprint density at radius 1 is 1.03 bits per heavy atom. The maximum absolute atomic E-state index is 13.4. The number of carbonyl (C=O) groups is 2. The molecule has 0 unspecified atom stereocenters. The van der Waals surface area contributed by atoms with Crippen molar-refractivity contribution in [2.75, 3.05) is 44.6 Å². The molecule has 35 heavy (non-hydrogen) atoms. The first-order valence-electron chi connectivity index (χ1n) is 11.2. The number of methoxy groups -OCH3 is 1. The molecule has 9 nitrogen and oxygen atoms in total. The van der Waals surface area contributed by atoms with Crippen LogP contribution in [0.25, 0.3) is 5.69 Å². The predicted octanol–water partition coefficient (Wildman–Crippen LogP) is 3.68. The van der Waals surface area contributed by atoms with Gasteiger partial charge >= 0.3 is 5.97 Å². The number of nitrogens with one attached hydrogen (secondary N) is 1. The lowest BCUT2D eigenvalue weighted by Gasteiger charge is -2.25. The molecule has 0 radical (unpaired) electrons. The Morgan fingerprint density at radius 2 is 1.66 bits per heavy atom. The molecule has 1 N–H and O–H groups in total. The standard InChI is InChI=1S/C26H32N4O5/c1-26(2,18-33-5)35-24(32)22-23(27-21(31)17-34-16-19-12-8-6-9-13-19)28-25(29(3)4)30(22)20-14-10-7-11-15-20/h6-15H,16-18H2,1-5H3,(H,27,31). The molecule has 1 heterocycles. The summed E-state index contributed by atoms with van der Waals surface area (Å²) in [7, 11) is 5.15. The average molecular weight is 481 g/mol. The van der Waals surface area contributed by atoms with E-state index in [9.17, 15) is 9.59 Å². The smallest absolute Gasteiger partial charge is 0.359 e. The fourth-order valence-electron chi connectivity index (χ4n) is 3.49. The van der Waals surface area contributed by atoms with Crippen molar-refractivity contribution in [1.82, 2.24) is 9.55 Å². The van der Waals surface area contributed by atoms with Crippen LogP contribution < -0.4 is 10.2 Å². The first-order valence-corrected chi connectivity index (χ1v) is 11.2. The molecule has 1 aromatic heterocycles. The molecule has 0 bridgehead atoms. The molecule has 0 aliphatic rings. The summed E-state index contributed by atoms with van der Waals surface area (Å²) in [6.07, 6.45) is 0. The first-order chi connectivity index (χ1) is 16.7. The molecule has 0 spiro atoms. The quantitative estimate of drug-likeness (QED) is 0.419. The van der Waals surface area contributed by atoms with E-state index in [1.165, 1.54) is 7.11 Å². The molecule has 3 aromatic rings. The summed E-state index contributed by atoms with van der Waals surface area (Å²) < 4.78 is 18.1. The Morgan fingerprint density at radius 3 is 2.26 bits per heavy atom. The van der Waals surface area contributed by atoms with Gasteiger partial charge in [-0.3, -0.25) is 9.36 Å². The van der Waals surface area contributed by atoms with Crippen molar-refractivity contribution in [3.05, 3.63) is 71.9 Å². The molecule has 0 saturated carbocycles. The normalized spacial score (nSPS) is 11.2. The van der Waals surface area contributed by atoms with E-state index < -0.39 is 17.5 Å². The van der Waals surface area contributed by atoms with Gasteiger partial charge in [-0.15, -0.1) is 0 Å². The van der Waals surface area contributed by atoms with Crippen LogP contribution in [-0.4, -0.2) is 61.4 Å². The third-order valence-electron chi connectivity index (χ3n) is 4.93. The average Bonchev–Trinajstić information content (AvgIpc) is 3.19. The van der Waals surface area contributed by atoms with Crippen LogP contribution in [0.15, 0.2) is 60.7 Å². The molecular weight excluding hydrogens is 448 g/mol. The second-order valence-corrected chi connectivity index (χ2v) is 8.78. The third-order valence-corrected chi connectivity index (χ3v) is 4.93. The number of aromatic nitrogens is 2. The second-order valence-electron chi connectivity index (χ2n) is 8.78. The van der Waals surface area contributed by atoms with Crippen LogP contribution in [-0.2, 0) is 25.6 Å². The monoisotopic (exact) mass is 480 g/mol. The van der Waals surface area contributed by atoms with Crippen molar-refractivity contribution >= 4 is 23.6 Å². The molecule has 1 amide bonds. The van der Waals surface area contributed by atoms with Crippen molar-refractivity contribution in [3.63, 3.8) is 0 Å². The molecule has 0 atom stereocenters. The Hall–Kier alpha value is -3.69. The number of esters is 1. The van der Waals surface area contributed by atoms with Crippen molar-refractivity contribution in [2.45, 2.75) is 26.1 Å². The maximum Gasteiger partial charge on any atom is 0.359 e. The minimum absolute atomic E-state index is 0.0871. The van der Waals surface area contributed by atoms with Crippen LogP contribution >= 0.6 is 0 Å². The SMILES string of the molecule is COCC(C)(C)OC(=O)c1c(NC(=O)COCc2ccccc2)nc(N(C)C)n1-c1ccccc1. The summed E-state index contributed by atoms with van der Waals surface area (Å²) in [5.41, 5.74) is 0.852. The van der Waals surface area contributed by atoms with E-state index in [1.807, 2.05) is 60.7 Å². The number of rotatable bonds is 11. The largest absolute Gasteiger partial charge is 0.452 e. The van der Waals surface area contributed by atoms with E-state index in [2.05, 4.69) is 10.3 Å². The highest BCUT2D eigenvalue weighted by atomic mass is 16.6. The lowest BCUT2D eigenvalue weighted by Crippen LogP contribution is -2.34. The minimum atomic E-state index is -0.893. The zero-order chi connectivity index (χ0) is 25.4. The topological polar surface area (TPSA) is 94.9 Å². The van der Waals surface area contributed by atoms with E-state index >= 15 is 0 Å². The summed E-state index contributed by atoms with van der Waals surface area (Å²) in [6, 6.07) is 18.8. The number of hydrogen-bond donors (Lipinski definition) is 1. The number of amides is 1. The molecule has 0 aliphatic heterocycles. The zero-order valence-electron chi connectivity index (χ0n) is 20.8. The molecule has 9 heteroatoms. The molecule has 186 valence electrons. The van der Waals surface area contributed by atoms with E-state index in [-0.39, 0.29) is 31.3 Å². The van der Waals surface area contributed by atoms with Crippen molar-refractivity contribution in [1.29, 1.82) is 0 Å². The van der Waals surface area contributed by atoms with Gasteiger partial charge in [-0.2, -0.15) is 4.98 Å². The Labute approximate surface area is 205 Å². The Bertz CT molecular complexity index is 1130. The van der Waals surface area contributed by atoms with Gasteiger partial charge in [-0.25, -0.2) is 4.79 Å². The number of hydrogen-bond acceptors (Lipinski definition) is 7. The molecule has 0 saturated heterocycles. The lowest BCUT2D eigenvalue weighted by atomic mass is 10.1. The van der Waals surface area contributed by atoms with Crippen LogP contribution in [0.2, 0.25) is 0 Å². The summed E-state index contributed by atoms with van der Waals surface area (Å²) in [5.74, 6) is -0.538. The van der Waals surface area contributed by atoms with E-state index in [0.717, 1.165) is 5.56 Å².